The maximum atomic E-state index is 5.89. The lowest BCUT2D eigenvalue weighted by Crippen LogP contribution is -2.24. The number of benzene rings is 1. The van der Waals surface area contributed by atoms with Crippen molar-refractivity contribution in [2.24, 2.45) is 0 Å². The number of aromatic nitrogens is 1. The van der Waals surface area contributed by atoms with E-state index in [9.17, 15) is 0 Å². The Morgan fingerprint density at radius 2 is 2.10 bits per heavy atom. The van der Waals surface area contributed by atoms with Crippen molar-refractivity contribution < 1.29 is 4.74 Å². The van der Waals surface area contributed by atoms with Crippen LogP contribution in [0.5, 0.6) is 5.75 Å². The van der Waals surface area contributed by atoms with Crippen molar-refractivity contribution in [3.8, 4) is 5.75 Å². The summed E-state index contributed by atoms with van der Waals surface area (Å²) in [7, 11) is 0. The maximum Gasteiger partial charge on any atom is 0.127 e. The summed E-state index contributed by atoms with van der Waals surface area (Å²) in [5.41, 5.74) is 4.85. The molecule has 1 aliphatic rings. The van der Waals surface area contributed by atoms with Crippen LogP contribution in [0, 0.1) is 6.92 Å². The van der Waals surface area contributed by atoms with E-state index in [1.165, 1.54) is 16.7 Å². The molecule has 0 spiro atoms. The molecule has 0 radical (unpaired) electrons. The zero-order chi connectivity index (χ0) is 14.7. The highest BCUT2D eigenvalue weighted by Gasteiger charge is 2.24. The van der Waals surface area contributed by atoms with Gasteiger partial charge in [-0.2, -0.15) is 0 Å². The van der Waals surface area contributed by atoms with Gasteiger partial charge in [-0.25, -0.2) is 0 Å². The molecule has 1 aromatic heterocycles. The predicted molar refractivity (Wildman–Crippen MR) is 84.8 cm³/mol. The lowest BCUT2D eigenvalue weighted by atomic mass is 9.95. The number of fused-ring (bicyclic) bond motifs is 1. The standard InChI is InChI=1S/C18H22N2O/c1-3-10-20-17(15-8-5-11-19-13(15)2)16-7-4-6-14-9-12-21-18(14)16/h4-8,11,17,20H,3,9-10,12H2,1-2H3. The lowest BCUT2D eigenvalue weighted by molar-refractivity contribution is 0.350. The second-order valence-corrected chi connectivity index (χ2v) is 5.50. The highest BCUT2D eigenvalue weighted by molar-refractivity contribution is 5.49. The summed E-state index contributed by atoms with van der Waals surface area (Å²) in [6.07, 6.45) is 3.96. The highest BCUT2D eigenvalue weighted by atomic mass is 16.5. The monoisotopic (exact) mass is 282 g/mol. The first kappa shape index (κ1) is 14.1. The molecule has 3 heteroatoms. The maximum absolute atomic E-state index is 5.89. The number of nitrogens with one attached hydrogen (secondary N) is 1. The Bertz CT molecular complexity index is 624. The number of nitrogens with zero attached hydrogens (tertiary/aromatic N) is 1. The molecule has 0 aliphatic carbocycles. The molecular formula is C18H22N2O. The van der Waals surface area contributed by atoms with Gasteiger partial charge in [0.2, 0.25) is 0 Å². The fourth-order valence-corrected chi connectivity index (χ4v) is 2.95. The molecule has 110 valence electrons. The molecule has 1 aliphatic heterocycles. The second kappa shape index (κ2) is 6.27. The van der Waals surface area contributed by atoms with E-state index in [0.717, 1.165) is 37.4 Å². The summed E-state index contributed by atoms with van der Waals surface area (Å²) in [6, 6.07) is 10.8. The Labute approximate surface area is 126 Å². The smallest absolute Gasteiger partial charge is 0.127 e. The van der Waals surface area contributed by atoms with Gasteiger partial charge in [0.15, 0.2) is 0 Å². The minimum absolute atomic E-state index is 0.145. The van der Waals surface area contributed by atoms with E-state index in [1.54, 1.807) is 0 Å². The predicted octanol–water partition coefficient (Wildman–Crippen LogP) is 3.41. The molecule has 0 saturated heterocycles. The molecule has 0 fully saturated rings. The zero-order valence-electron chi connectivity index (χ0n) is 12.7. The third kappa shape index (κ3) is 2.79. The van der Waals surface area contributed by atoms with E-state index < -0.39 is 0 Å². The number of rotatable bonds is 5. The number of para-hydroxylation sites is 1. The summed E-state index contributed by atoms with van der Waals surface area (Å²) in [5.74, 6) is 1.06. The van der Waals surface area contributed by atoms with E-state index in [4.69, 9.17) is 4.74 Å². The van der Waals surface area contributed by atoms with Crippen LogP contribution in [0.3, 0.4) is 0 Å². The van der Waals surface area contributed by atoms with Crippen LogP contribution in [0.25, 0.3) is 0 Å². The molecule has 0 amide bonds. The number of ether oxygens (including phenoxy) is 1. The Balaban J connectivity index is 2.04. The van der Waals surface area contributed by atoms with E-state index in [2.05, 4.69) is 48.4 Å². The molecule has 3 rings (SSSR count). The first-order chi connectivity index (χ1) is 10.3. The normalized spacial score (nSPS) is 14.6. The molecule has 1 N–H and O–H groups in total. The van der Waals surface area contributed by atoms with Gasteiger partial charge in [-0.05, 0) is 37.1 Å². The molecule has 21 heavy (non-hydrogen) atoms. The molecule has 1 atom stereocenters. The highest BCUT2D eigenvalue weighted by Crippen LogP contribution is 2.36. The quantitative estimate of drug-likeness (QED) is 0.912. The molecule has 2 aromatic rings. The summed E-state index contributed by atoms with van der Waals surface area (Å²) in [4.78, 5) is 4.45. The van der Waals surface area contributed by atoms with Gasteiger partial charge in [-0.1, -0.05) is 31.2 Å². The SMILES string of the molecule is CCCNC(c1cccnc1C)c1cccc2c1OCC2. The topological polar surface area (TPSA) is 34.2 Å². The fourth-order valence-electron chi connectivity index (χ4n) is 2.95. The van der Waals surface area contributed by atoms with Crippen LogP contribution in [0.1, 0.15) is 41.8 Å². The lowest BCUT2D eigenvalue weighted by Gasteiger charge is -2.22. The average molecular weight is 282 g/mol. The summed E-state index contributed by atoms with van der Waals surface area (Å²) in [5, 5.41) is 3.65. The van der Waals surface area contributed by atoms with Gasteiger partial charge in [0.05, 0.1) is 12.6 Å². The third-order valence-corrected chi connectivity index (χ3v) is 4.01. The van der Waals surface area contributed by atoms with Crippen LogP contribution < -0.4 is 10.1 Å². The summed E-state index contributed by atoms with van der Waals surface area (Å²) >= 11 is 0. The van der Waals surface area contributed by atoms with Crippen molar-refractivity contribution in [1.29, 1.82) is 0 Å². The first-order valence-corrected chi connectivity index (χ1v) is 7.70. The minimum Gasteiger partial charge on any atom is -0.493 e. The van der Waals surface area contributed by atoms with Crippen molar-refractivity contribution in [1.82, 2.24) is 10.3 Å². The van der Waals surface area contributed by atoms with Crippen molar-refractivity contribution in [2.75, 3.05) is 13.2 Å². The number of pyridine rings is 1. The van der Waals surface area contributed by atoms with Crippen LogP contribution >= 0.6 is 0 Å². The van der Waals surface area contributed by atoms with Crippen LogP contribution in [0.15, 0.2) is 36.5 Å². The van der Waals surface area contributed by atoms with Gasteiger partial charge in [-0.3, -0.25) is 4.98 Å². The Morgan fingerprint density at radius 3 is 2.90 bits per heavy atom. The number of hydrogen-bond acceptors (Lipinski definition) is 3. The van der Waals surface area contributed by atoms with Gasteiger partial charge in [0.25, 0.3) is 0 Å². The van der Waals surface area contributed by atoms with Gasteiger partial charge in [0.1, 0.15) is 5.75 Å². The second-order valence-electron chi connectivity index (χ2n) is 5.50. The van der Waals surface area contributed by atoms with Crippen molar-refractivity contribution >= 4 is 0 Å². The molecular weight excluding hydrogens is 260 g/mol. The van der Waals surface area contributed by atoms with Crippen LogP contribution in [0.4, 0.5) is 0 Å². The Hall–Kier alpha value is -1.87. The van der Waals surface area contributed by atoms with Gasteiger partial charge >= 0.3 is 0 Å². The Kier molecular flexibility index (Phi) is 4.20. The van der Waals surface area contributed by atoms with Crippen molar-refractivity contribution in [3.63, 3.8) is 0 Å². The molecule has 0 bridgehead atoms. The summed E-state index contributed by atoms with van der Waals surface area (Å²) in [6.45, 7) is 6.02. The van der Waals surface area contributed by atoms with E-state index in [0.29, 0.717) is 0 Å². The molecule has 1 unspecified atom stereocenters. The average Bonchev–Trinajstić information content (AvgIpc) is 2.98. The molecule has 1 aromatic carbocycles. The fraction of sp³-hybridized carbons (Fsp3) is 0.389. The summed E-state index contributed by atoms with van der Waals surface area (Å²) < 4.78 is 5.89. The van der Waals surface area contributed by atoms with Gasteiger partial charge < -0.3 is 10.1 Å². The van der Waals surface area contributed by atoms with E-state index >= 15 is 0 Å². The number of hydrogen-bond donors (Lipinski definition) is 1. The van der Waals surface area contributed by atoms with Gasteiger partial charge in [0, 0.05) is 23.9 Å². The van der Waals surface area contributed by atoms with Gasteiger partial charge in [-0.15, -0.1) is 0 Å². The third-order valence-electron chi connectivity index (χ3n) is 4.01. The first-order valence-electron chi connectivity index (χ1n) is 7.70. The zero-order valence-corrected chi connectivity index (χ0v) is 12.7. The van der Waals surface area contributed by atoms with E-state index in [1.807, 2.05) is 12.3 Å². The minimum atomic E-state index is 0.145. The number of aryl methyl sites for hydroxylation is 1. The largest absolute Gasteiger partial charge is 0.493 e. The van der Waals surface area contributed by atoms with Crippen LogP contribution in [0.2, 0.25) is 0 Å². The van der Waals surface area contributed by atoms with Crippen molar-refractivity contribution in [3.05, 3.63) is 58.9 Å². The molecule has 0 saturated carbocycles. The van der Waals surface area contributed by atoms with E-state index in [-0.39, 0.29) is 6.04 Å². The Morgan fingerprint density at radius 1 is 1.24 bits per heavy atom. The molecule has 2 heterocycles. The molecule has 3 nitrogen and oxygen atoms in total. The van der Waals surface area contributed by atoms with Crippen LogP contribution in [-0.2, 0) is 6.42 Å². The van der Waals surface area contributed by atoms with Crippen molar-refractivity contribution in [2.45, 2.75) is 32.7 Å². The van der Waals surface area contributed by atoms with Crippen LogP contribution in [-0.4, -0.2) is 18.1 Å².